The van der Waals surface area contributed by atoms with Gasteiger partial charge in [0, 0.05) is 23.7 Å². The van der Waals surface area contributed by atoms with Crippen molar-refractivity contribution in [1.82, 2.24) is 0 Å². The maximum atomic E-state index is 13.3. The highest BCUT2D eigenvalue weighted by Crippen LogP contribution is 2.40. The van der Waals surface area contributed by atoms with Gasteiger partial charge in [0.25, 0.3) is 0 Å². The van der Waals surface area contributed by atoms with E-state index in [1.807, 2.05) is 38.1 Å². The predicted molar refractivity (Wildman–Crippen MR) is 78.5 cm³/mol. The van der Waals surface area contributed by atoms with Crippen LogP contribution in [0.15, 0.2) is 42.5 Å². The summed E-state index contributed by atoms with van der Waals surface area (Å²) in [7, 11) is 0. The average molecular weight is 289 g/mol. The first-order chi connectivity index (χ1) is 9.93. The molecule has 1 atom stereocenters. The lowest BCUT2D eigenvalue weighted by molar-refractivity contribution is 0.0759. The molecule has 1 unspecified atom stereocenters. The van der Waals surface area contributed by atoms with Gasteiger partial charge in [0.2, 0.25) is 0 Å². The highest BCUT2D eigenvalue weighted by atomic mass is 19.1. The Morgan fingerprint density at radius 2 is 1.76 bits per heavy atom. The number of hydrogen-bond acceptors (Lipinski definition) is 2. The van der Waals surface area contributed by atoms with Crippen molar-refractivity contribution < 1.29 is 13.5 Å². The van der Waals surface area contributed by atoms with Gasteiger partial charge in [0.15, 0.2) is 0 Å². The monoisotopic (exact) mass is 289 g/mol. The van der Waals surface area contributed by atoms with Gasteiger partial charge in [-0.1, -0.05) is 18.2 Å². The molecule has 0 fully saturated rings. The topological polar surface area (TPSA) is 21.3 Å². The number of fused-ring (bicyclic) bond motifs is 1. The molecule has 2 aromatic carbocycles. The molecule has 1 aliphatic rings. The van der Waals surface area contributed by atoms with Crippen molar-refractivity contribution in [2.24, 2.45) is 0 Å². The minimum atomic E-state index is -0.586. The van der Waals surface area contributed by atoms with Crippen LogP contribution in [0, 0.1) is 11.6 Å². The Balaban J connectivity index is 1.94. The summed E-state index contributed by atoms with van der Waals surface area (Å²) < 4.78 is 32.6. The molecule has 0 radical (unpaired) electrons. The van der Waals surface area contributed by atoms with E-state index in [9.17, 15) is 8.78 Å². The van der Waals surface area contributed by atoms with Crippen molar-refractivity contribution >= 4 is 5.69 Å². The third kappa shape index (κ3) is 2.99. The molecule has 0 aromatic heterocycles. The fourth-order valence-corrected chi connectivity index (χ4v) is 2.77. The van der Waals surface area contributed by atoms with Crippen LogP contribution in [0.2, 0.25) is 0 Å². The number of benzene rings is 2. The molecule has 1 heterocycles. The van der Waals surface area contributed by atoms with Crippen LogP contribution in [0.1, 0.15) is 31.9 Å². The second kappa shape index (κ2) is 5.02. The zero-order valence-corrected chi connectivity index (χ0v) is 12.0. The molecule has 3 rings (SSSR count). The van der Waals surface area contributed by atoms with E-state index in [-0.39, 0.29) is 11.6 Å². The lowest BCUT2D eigenvalue weighted by atomic mass is 9.89. The van der Waals surface area contributed by atoms with E-state index in [4.69, 9.17) is 4.74 Å². The van der Waals surface area contributed by atoms with Crippen molar-refractivity contribution in [2.75, 3.05) is 5.32 Å². The van der Waals surface area contributed by atoms with E-state index < -0.39 is 11.6 Å². The van der Waals surface area contributed by atoms with Crippen LogP contribution in [-0.4, -0.2) is 5.60 Å². The van der Waals surface area contributed by atoms with E-state index in [1.165, 1.54) is 12.1 Å². The lowest BCUT2D eigenvalue weighted by Gasteiger charge is -2.38. The molecule has 1 N–H and O–H groups in total. The zero-order chi connectivity index (χ0) is 15.0. The van der Waals surface area contributed by atoms with Gasteiger partial charge in [-0.05, 0) is 32.0 Å². The molecule has 0 aliphatic carbocycles. The number of halogens is 2. The van der Waals surface area contributed by atoms with Crippen molar-refractivity contribution in [3.63, 3.8) is 0 Å². The van der Waals surface area contributed by atoms with Crippen LogP contribution < -0.4 is 10.1 Å². The van der Waals surface area contributed by atoms with Crippen LogP contribution >= 0.6 is 0 Å². The summed E-state index contributed by atoms with van der Waals surface area (Å²) in [6, 6.07) is 11.1. The molecule has 0 bridgehead atoms. The molecule has 21 heavy (non-hydrogen) atoms. The second-order valence-corrected chi connectivity index (χ2v) is 5.96. The van der Waals surface area contributed by atoms with Crippen molar-refractivity contribution in [2.45, 2.75) is 31.9 Å². The van der Waals surface area contributed by atoms with E-state index in [0.717, 1.165) is 17.4 Å². The third-order valence-electron chi connectivity index (χ3n) is 3.58. The number of hydrogen-bond donors (Lipinski definition) is 1. The minimum absolute atomic E-state index is 0.0499. The first-order valence-electron chi connectivity index (χ1n) is 6.93. The van der Waals surface area contributed by atoms with Crippen molar-refractivity contribution in [3.05, 3.63) is 59.7 Å². The summed E-state index contributed by atoms with van der Waals surface area (Å²) in [5.41, 5.74) is 1.10. The van der Waals surface area contributed by atoms with Gasteiger partial charge in [-0.3, -0.25) is 0 Å². The fraction of sp³-hybridized carbons (Fsp3) is 0.294. The van der Waals surface area contributed by atoms with Gasteiger partial charge >= 0.3 is 0 Å². The van der Waals surface area contributed by atoms with E-state index in [0.29, 0.717) is 12.1 Å². The van der Waals surface area contributed by atoms with E-state index in [1.54, 1.807) is 0 Å². The maximum Gasteiger partial charge on any atom is 0.128 e. The Morgan fingerprint density at radius 1 is 1.10 bits per heavy atom. The van der Waals surface area contributed by atoms with Crippen LogP contribution in [-0.2, 0) is 0 Å². The highest BCUT2D eigenvalue weighted by Gasteiger charge is 2.33. The Labute approximate surface area is 122 Å². The summed E-state index contributed by atoms with van der Waals surface area (Å²) in [5.74, 6) is -0.364. The minimum Gasteiger partial charge on any atom is -0.487 e. The molecular weight excluding hydrogens is 272 g/mol. The third-order valence-corrected chi connectivity index (χ3v) is 3.58. The summed E-state index contributed by atoms with van der Waals surface area (Å²) >= 11 is 0. The SMILES string of the molecule is CC1(C)CC(Nc2cc(F)cc(F)c2)c2ccccc2O1. The Bertz CT molecular complexity index is 649. The number of rotatable bonds is 2. The largest absolute Gasteiger partial charge is 0.487 e. The first-order valence-corrected chi connectivity index (χ1v) is 6.93. The zero-order valence-electron chi connectivity index (χ0n) is 12.0. The quantitative estimate of drug-likeness (QED) is 0.866. The normalized spacial score (nSPS) is 19.5. The number of para-hydroxylation sites is 1. The number of nitrogens with one attached hydrogen (secondary N) is 1. The van der Waals surface area contributed by atoms with Crippen molar-refractivity contribution in [3.8, 4) is 5.75 Å². The molecule has 110 valence electrons. The van der Waals surface area contributed by atoms with Crippen LogP contribution in [0.3, 0.4) is 0 Å². The molecule has 0 spiro atoms. The summed E-state index contributed by atoms with van der Waals surface area (Å²) in [6.07, 6.45) is 0.710. The summed E-state index contributed by atoms with van der Waals surface area (Å²) in [6.45, 7) is 4.01. The number of anilines is 1. The van der Waals surface area contributed by atoms with E-state index >= 15 is 0 Å². The average Bonchev–Trinajstić information content (AvgIpc) is 2.36. The van der Waals surface area contributed by atoms with Crippen LogP contribution in [0.4, 0.5) is 14.5 Å². The number of ether oxygens (including phenoxy) is 1. The smallest absolute Gasteiger partial charge is 0.128 e. The standard InChI is InChI=1S/C17H17F2NO/c1-17(2)10-15(14-5-3-4-6-16(14)21-17)20-13-8-11(18)7-12(19)9-13/h3-9,15,20H,10H2,1-2H3. The lowest BCUT2D eigenvalue weighted by Crippen LogP contribution is -2.37. The van der Waals surface area contributed by atoms with E-state index in [2.05, 4.69) is 5.32 Å². The van der Waals surface area contributed by atoms with Gasteiger partial charge in [0.1, 0.15) is 23.0 Å². The van der Waals surface area contributed by atoms with Gasteiger partial charge in [-0.25, -0.2) is 8.78 Å². The highest BCUT2D eigenvalue weighted by molar-refractivity contribution is 5.49. The maximum absolute atomic E-state index is 13.3. The second-order valence-electron chi connectivity index (χ2n) is 5.96. The first kappa shape index (κ1) is 13.9. The summed E-state index contributed by atoms with van der Waals surface area (Å²) in [5, 5.41) is 3.21. The molecule has 0 amide bonds. The molecule has 4 heteroatoms. The van der Waals surface area contributed by atoms with Crippen LogP contribution in [0.5, 0.6) is 5.75 Å². The Kier molecular flexibility index (Phi) is 3.32. The molecule has 0 saturated heterocycles. The molecule has 2 aromatic rings. The van der Waals surface area contributed by atoms with Gasteiger partial charge in [-0.2, -0.15) is 0 Å². The Morgan fingerprint density at radius 3 is 2.48 bits per heavy atom. The molecular formula is C17H17F2NO. The fourth-order valence-electron chi connectivity index (χ4n) is 2.77. The van der Waals surface area contributed by atoms with Gasteiger partial charge in [0.05, 0.1) is 6.04 Å². The van der Waals surface area contributed by atoms with Crippen molar-refractivity contribution in [1.29, 1.82) is 0 Å². The predicted octanol–water partition coefficient (Wildman–Crippen LogP) is 4.68. The summed E-state index contributed by atoms with van der Waals surface area (Å²) in [4.78, 5) is 0. The van der Waals surface area contributed by atoms with Gasteiger partial charge < -0.3 is 10.1 Å². The molecule has 1 aliphatic heterocycles. The van der Waals surface area contributed by atoms with Gasteiger partial charge in [-0.15, -0.1) is 0 Å². The molecule has 2 nitrogen and oxygen atoms in total. The molecule has 0 saturated carbocycles. The van der Waals surface area contributed by atoms with Crippen LogP contribution in [0.25, 0.3) is 0 Å². The Hall–Kier alpha value is -2.10.